The first-order valence-electron chi connectivity index (χ1n) is 21.4. The molecule has 60 heavy (non-hydrogen) atoms. The van der Waals surface area contributed by atoms with Crippen molar-refractivity contribution in [1.82, 2.24) is 20.4 Å². The lowest BCUT2D eigenvalue weighted by Gasteiger charge is -2.55. The highest BCUT2D eigenvalue weighted by atomic mass is 35.5. The molecule has 0 bridgehead atoms. The van der Waals surface area contributed by atoms with Crippen LogP contribution < -0.4 is 25.2 Å². The molecule has 312 valence electrons. The maximum atomic E-state index is 13.3. The lowest BCUT2D eigenvalue weighted by atomic mass is 9.71. The first-order chi connectivity index (χ1) is 29.0. The second kappa shape index (κ2) is 16.5. The highest BCUT2D eigenvalue weighted by Crippen LogP contribution is 2.44. The van der Waals surface area contributed by atoms with Crippen molar-refractivity contribution in [3.05, 3.63) is 87.9 Å². The highest BCUT2D eigenvalue weighted by molar-refractivity contribution is 6.31. The van der Waals surface area contributed by atoms with Gasteiger partial charge in [0.15, 0.2) is 0 Å². The Morgan fingerprint density at radius 2 is 1.52 bits per heavy atom. The van der Waals surface area contributed by atoms with Gasteiger partial charge in [-0.05, 0) is 131 Å². The predicted octanol–water partition coefficient (Wildman–Crippen LogP) is 5.55. The topological polar surface area (TPSA) is 155 Å². The van der Waals surface area contributed by atoms with Gasteiger partial charge < -0.3 is 24.8 Å². The molecule has 14 heteroatoms. The molecule has 1 saturated carbocycles. The molecule has 0 radical (unpaired) electrons. The van der Waals surface area contributed by atoms with Gasteiger partial charge in [-0.25, -0.2) is 0 Å². The van der Waals surface area contributed by atoms with Crippen molar-refractivity contribution in [2.75, 3.05) is 55.6 Å². The van der Waals surface area contributed by atoms with Crippen LogP contribution in [0.2, 0.25) is 5.02 Å². The summed E-state index contributed by atoms with van der Waals surface area (Å²) in [6.45, 7) is 7.14. The minimum atomic E-state index is -0.961. The molecule has 5 amide bonds. The van der Waals surface area contributed by atoms with Gasteiger partial charge in [-0.2, -0.15) is 5.26 Å². The first-order valence-corrected chi connectivity index (χ1v) is 21.8. The third kappa shape index (κ3) is 8.07. The second-order valence-corrected chi connectivity index (χ2v) is 18.0. The lowest BCUT2D eigenvalue weighted by Crippen LogP contribution is -2.60. The van der Waals surface area contributed by atoms with Crippen LogP contribution in [0.25, 0.3) is 0 Å². The van der Waals surface area contributed by atoms with E-state index >= 15 is 0 Å². The first kappa shape index (κ1) is 40.0. The molecule has 13 nitrogen and oxygen atoms in total. The van der Waals surface area contributed by atoms with Crippen molar-refractivity contribution in [3.63, 3.8) is 0 Å². The van der Waals surface area contributed by atoms with Crippen LogP contribution in [0.15, 0.2) is 60.7 Å². The van der Waals surface area contributed by atoms with E-state index < -0.39 is 23.8 Å². The molecular weight excluding hydrogens is 782 g/mol. The number of imide groups is 2. The zero-order valence-electron chi connectivity index (χ0n) is 33.7. The summed E-state index contributed by atoms with van der Waals surface area (Å²) in [5.41, 5.74) is 4.09. The molecule has 1 spiro atoms. The van der Waals surface area contributed by atoms with Gasteiger partial charge in [-0.1, -0.05) is 11.6 Å². The Morgan fingerprint density at radius 3 is 2.20 bits per heavy atom. The third-order valence-corrected chi connectivity index (χ3v) is 14.1. The number of hydrogen-bond donors (Lipinski definition) is 2. The van der Waals surface area contributed by atoms with E-state index in [1.807, 2.05) is 18.2 Å². The molecule has 1 aliphatic carbocycles. The number of ether oxygens (including phenoxy) is 1. The van der Waals surface area contributed by atoms with Crippen molar-refractivity contribution in [2.24, 2.45) is 11.3 Å². The number of anilines is 2. The van der Waals surface area contributed by atoms with Crippen LogP contribution in [0.4, 0.5) is 11.4 Å². The van der Waals surface area contributed by atoms with E-state index in [-0.39, 0.29) is 42.2 Å². The van der Waals surface area contributed by atoms with Gasteiger partial charge in [0.2, 0.25) is 11.8 Å². The molecule has 0 aromatic heterocycles. The maximum absolute atomic E-state index is 13.3. The van der Waals surface area contributed by atoms with Gasteiger partial charge in [0, 0.05) is 73.6 Å². The van der Waals surface area contributed by atoms with Crippen molar-refractivity contribution < 1.29 is 28.7 Å². The molecular formula is C46H50ClN7O6. The normalized spacial score (nSPS) is 24.5. The average Bonchev–Trinajstić information content (AvgIpc) is 3.49. The number of carbonyl (C=O) groups excluding carboxylic acids is 5. The Balaban J connectivity index is 0.683. The molecule has 6 aliphatic rings. The summed E-state index contributed by atoms with van der Waals surface area (Å²) in [6.07, 6.45) is 8.20. The summed E-state index contributed by atoms with van der Waals surface area (Å²) >= 11 is 6.16. The van der Waals surface area contributed by atoms with Crippen LogP contribution in [0.5, 0.6) is 5.75 Å². The quantitative estimate of drug-likeness (QED) is 0.262. The number of fused-ring (bicyclic) bond motifs is 1. The minimum absolute atomic E-state index is 0.0427. The van der Waals surface area contributed by atoms with E-state index in [1.54, 1.807) is 30.3 Å². The molecule has 9 rings (SSSR count). The van der Waals surface area contributed by atoms with Crippen LogP contribution in [-0.4, -0.2) is 103 Å². The molecule has 2 N–H and O–H groups in total. The van der Waals surface area contributed by atoms with Crippen molar-refractivity contribution in [1.29, 1.82) is 5.26 Å². The Morgan fingerprint density at radius 1 is 0.817 bits per heavy atom. The monoisotopic (exact) mass is 831 g/mol. The number of nitrogens with zero attached hydrogens (tertiary/aromatic N) is 5. The smallest absolute Gasteiger partial charge is 0.262 e. The molecule has 1 atom stereocenters. The number of hydrogen-bond acceptors (Lipinski definition) is 10. The summed E-state index contributed by atoms with van der Waals surface area (Å²) in [6, 6.07) is 19.8. The van der Waals surface area contributed by atoms with Gasteiger partial charge in [0.05, 0.1) is 27.8 Å². The van der Waals surface area contributed by atoms with Gasteiger partial charge in [0.25, 0.3) is 17.7 Å². The van der Waals surface area contributed by atoms with Crippen LogP contribution in [0.1, 0.15) is 101 Å². The number of rotatable bonds is 9. The molecule has 3 aromatic rings. The molecule has 4 saturated heterocycles. The van der Waals surface area contributed by atoms with Gasteiger partial charge >= 0.3 is 0 Å². The fourth-order valence-corrected chi connectivity index (χ4v) is 10.3. The number of nitriles is 1. The average molecular weight is 832 g/mol. The predicted molar refractivity (Wildman–Crippen MR) is 225 cm³/mol. The van der Waals surface area contributed by atoms with Gasteiger partial charge in [-0.15, -0.1) is 0 Å². The minimum Gasteiger partial charge on any atom is -0.490 e. The van der Waals surface area contributed by atoms with E-state index in [9.17, 15) is 24.0 Å². The van der Waals surface area contributed by atoms with E-state index in [2.05, 4.69) is 43.5 Å². The van der Waals surface area contributed by atoms with Crippen LogP contribution in [-0.2, 0) is 9.59 Å². The molecule has 5 heterocycles. The fourth-order valence-electron chi connectivity index (χ4n) is 10.1. The SMILES string of the molecule is N#Cc1ccc(O[C@H]2CC[C@H](NC(=O)c3ccc(N4CCC(CN5CCC6(CC5)CN(c5ccc7c(c5)C(=O)N(C5CCC(=O)NC5=O)C7=O)C6)CC4)cc3)CC2)cc1Cl. The Bertz CT molecular complexity index is 2230. The zero-order valence-corrected chi connectivity index (χ0v) is 34.4. The van der Waals surface area contributed by atoms with Crippen LogP contribution >= 0.6 is 11.6 Å². The zero-order chi connectivity index (χ0) is 41.5. The van der Waals surface area contributed by atoms with Crippen LogP contribution in [0.3, 0.4) is 0 Å². The van der Waals surface area contributed by atoms with Gasteiger partial charge in [-0.3, -0.25) is 34.2 Å². The Labute approximate surface area is 354 Å². The van der Waals surface area contributed by atoms with Crippen molar-refractivity contribution in [3.8, 4) is 11.8 Å². The summed E-state index contributed by atoms with van der Waals surface area (Å²) in [5.74, 6) is -0.644. The number of piperidine rings is 3. The summed E-state index contributed by atoms with van der Waals surface area (Å²) in [5, 5.41) is 15.0. The van der Waals surface area contributed by atoms with E-state index in [0.717, 1.165) is 113 Å². The maximum Gasteiger partial charge on any atom is 0.262 e. The second-order valence-electron chi connectivity index (χ2n) is 17.6. The van der Waals surface area contributed by atoms with Crippen LogP contribution in [0, 0.1) is 22.7 Å². The number of likely N-dealkylation sites (tertiary alicyclic amines) is 1. The van der Waals surface area contributed by atoms with Crippen molar-refractivity contribution >= 4 is 52.5 Å². The standard InChI is InChI=1S/C46H50ClN7O6/c47-39-24-36(9-3-31(39)25-48)60-35-10-4-32(5-11-35)49-42(56)30-1-6-33(7-2-30)52-19-15-29(16-20-52)26-51-21-17-46(18-22-51)27-53(28-46)34-8-12-37-38(23-34)45(59)54(44(37)58)40-13-14-41(55)50-43(40)57/h1-3,6-9,12,23-24,29,32,35,40H,4-5,10-11,13-22,26-28H2,(H,49,56)(H,50,55,57)/t32-,35-,40?. The van der Waals surface area contributed by atoms with E-state index in [0.29, 0.717) is 38.9 Å². The summed E-state index contributed by atoms with van der Waals surface area (Å²) in [7, 11) is 0. The number of nitrogens with one attached hydrogen (secondary N) is 2. The fraction of sp³-hybridized carbons (Fsp3) is 0.478. The number of benzene rings is 3. The largest absolute Gasteiger partial charge is 0.490 e. The Hall–Kier alpha value is -5.45. The Kier molecular flexibility index (Phi) is 11.0. The third-order valence-electron chi connectivity index (χ3n) is 13.8. The molecule has 5 fully saturated rings. The number of amides is 5. The summed E-state index contributed by atoms with van der Waals surface area (Å²) < 4.78 is 6.11. The van der Waals surface area contributed by atoms with E-state index in [1.165, 1.54) is 0 Å². The van der Waals surface area contributed by atoms with E-state index in [4.69, 9.17) is 21.6 Å². The summed E-state index contributed by atoms with van der Waals surface area (Å²) in [4.78, 5) is 72.1. The van der Waals surface area contributed by atoms with Gasteiger partial charge in [0.1, 0.15) is 17.9 Å². The highest BCUT2D eigenvalue weighted by Gasteiger charge is 2.47. The molecule has 1 unspecified atom stereocenters. The number of carbonyl (C=O) groups is 5. The van der Waals surface area contributed by atoms with Crippen molar-refractivity contribution in [2.45, 2.75) is 82.4 Å². The molecule has 3 aromatic carbocycles. The molecule has 5 aliphatic heterocycles. The number of halogens is 1. The lowest BCUT2D eigenvalue weighted by molar-refractivity contribution is -0.136.